The fourth-order valence-electron chi connectivity index (χ4n) is 4.77. The average Bonchev–Trinajstić information content (AvgIpc) is 3.12. The minimum atomic E-state index is -0.701. The lowest BCUT2D eigenvalue weighted by Crippen LogP contribution is -2.50. The fourth-order valence-corrected chi connectivity index (χ4v) is 4.77. The lowest BCUT2D eigenvalue weighted by Gasteiger charge is -2.40. The molecule has 2 aliphatic rings. The summed E-state index contributed by atoms with van der Waals surface area (Å²) >= 11 is 0. The van der Waals surface area contributed by atoms with E-state index in [9.17, 15) is 14.7 Å². The quantitative estimate of drug-likeness (QED) is 0.851. The van der Waals surface area contributed by atoms with Crippen molar-refractivity contribution in [1.82, 2.24) is 14.9 Å². The summed E-state index contributed by atoms with van der Waals surface area (Å²) in [6, 6.07) is 7.86. The lowest BCUT2D eigenvalue weighted by molar-refractivity contribution is -0.141. The number of carboxylic acids is 1. The number of pyridine rings is 1. The molecule has 0 spiro atoms. The number of hydrogen-bond acceptors (Lipinski definition) is 3. The molecule has 2 aromatic rings. The number of carbonyl (C=O) groups excluding carboxylic acids is 1. The zero-order valence-corrected chi connectivity index (χ0v) is 15.7. The van der Waals surface area contributed by atoms with Crippen molar-refractivity contribution < 1.29 is 14.7 Å². The van der Waals surface area contributed by atoms with E-state index in [1.54, 1.807) is 6.20 Å². The van der Waals surface area contributed by atoms with Crippen molar-refractivity contribution in [3.05, 3.63) is 53.1 Å². The van der Waals surface area contributed by atoms with E-state index < -0.39 is 5.97 Å². The molecule has 0 aliphatic heterocycles. The van der Waals surface area contributed by atoms with Crippen LogP contribution in [0.3, 0.4) is 0 Å². The van der Waals surface area contributed by atoms with Crippen LogP contribution in [-0.2, 0) is 11.3 Å². The summed E-state index contributed by atoms with van der Waals surface area (Å²) in [5.74, 6) is -0.240. The summed E-state index contributed by atoms with van der Waals surface area (Å²) in [4.78, 5) is 28.4. The highest BCUT2D eigenvalue weighted by atomic mass is 16.4. The van der Waals surface area contributed by atoms with Crippen molar-refractivity contribution >= 4 is 11.9 Å². The molecule has 6 nitrogen and oxygen atoms in total. The van der Waals surface area contributed by atoms with E-state index in [0.29, 0.717) is 30.4 Å². The van der Waals surface area contributed by atoms with E-state index in [2.05, 4.69) is 14.9 Å². The Morgan fingerprint density at radius 3 is 2.78 bits per heavy atom. The molecule has 2 fully saturated rings. The molecule has 2 aliphatic carbocycles. The van der Waals surface area contributed by atoms with Gasteiger partial charge in [0.2, 0.25) is 0 Å². The van der Waals surface area contributed by atoms with Gasteiger partial charge in [0.05, 0.1) is 23.7 Å². The number of rotatable bonds is 5. The highest BCUT2D eigenvalue weighted by Gasteiger charge is 2.50. The van der Waals surface area contributed by atoms with E-state index in [1.165, 1.54) is 0 Å². The van der Waals surface area contributed by atoms with Crippen molar-refractivity contribution in [3.8, 4) is 0 Å². The minimum Gasteiger partial charge on any atom is -0.481 e. The largest absolute Gasteiger partial charge is 0.481 e. The third kappa shape index (κ3) is 3.24. The third-order valence-corrected chi connectivity index (χ3v) is 6.35. The van der Waals surface area contributed by atoms with Crippen LogP contribution >= 0.6 is 0 Å². The number of fused-ring (bicyclic) bond motifs is 1. The number of nitrogens with one attached hydrogen (secondary N) is 1. The summed E-state index contributed by atoms with van der Waals surface area (Å²) in [6.45, 7) is 4.60. The molecule has 0 radical (unpaired) electrons. The van der Waals surface area contributed by atoms with Gasteiger partial charge in [0.1, 0.15) is 0 Å². The maximum atomic E-state index is 12.8. The molecule has 6 heteroatoms. The highest BCUT2D eigenvalue weighted by Crippen LogP contribution is 2.49. The second-order valence-corrected chi connectivity index (χ2v) is 7.94. The number of amides is 1. The van der Waals surface area contributed by atoms with Crippen LogP contribution in [-0.4, -0.2) is 32.6 Å². The summed E-state index contributed by atoms with van der Waals surface area (Å²) in [5.41, 5.74) is 3.61. The second kappa shape index (κ2) is 6.83. The normalized spacial score (nSPS) is 26.3. The molecule has 1 amide bonds. The summed E-state index contributed by atoms with van der Waals surface area (Å²) in [6.07, 6.45) is 4.11. The number of carboxylic acid groups (broad SMARTS) is 1. The van der Waals surface area contributed by atoms with Crippen molar-refractivity contribution in [1.29, 1.82) is 0 Å². The van der Waals surface area contributed by atoms with Gasteiger partial charge in [-0.05, 0) is 63.1 Å². The molecule has 4 rings (SSSR count). The predicted molar refractivity (Wildman–Crippen MR) is 100 cm³/mol. The molecule has 0 bridgehead atoms. The molecule has 27 heavy (non-hydrogen) atoms. The van der Waals surface area contributed by atoms with Crippen LogP contribution in [0.2, 0.25) is 0 Å². The first-order valence-corrected chi connectivity index (χ1v) is 9.54. The molecule has 4 atom stereocenters. The first-order chi connectivity index (χ1) is 12.9. The highest BCUT2D eigenvalue weighted by molar-refractivity contribution is 5.96. The molecule has 142 valence electrons. The van der Waals surface area contributed by atoms with Gasteiger partial charge in [0, 0.05) is 23.6 Å². The topological polar surface area (TPSA) is 84.2 Å². The van der Waals surface area contributed by atoms with Crippen LogP contribution in [0.25, 0.3) is 0 Å². The van der Waals surface area contributed by atoms with Crippen LogP contribution in [0.5, 0.6) is 0 Å². The maximum absolute atomic E-state index is 12.8. The summed E-state index contributed by atoms with van der Waals surface area (Å²) in [7, 11) is 0. The zero-order valence-electron chi connectivity index (χ0n) is 15.7. The van der Waals surface area contributed by atoms with Gasteiger partial charge in [-0.15, -0.1) is 0 Å². The summed E-state index contributed by atoms with van der Waals surface area (Å²) in [5, 5.41) is 12.4. The molecule has 2 heterocycles. The first-order valence-electron chi connectivity index (χ1n) is 9.54. The van der Waals surface area contributed by atoms with Gasteiger partial charge in [-0.2, -0.15) is 0 Å². The number of aromatic nitrogens is 2. The van der Waals surface area contributed by atoms with Crippen molar-refractivity contribution in [2.24, 2.45) is 17.8 Å². The van der Waals surface area contributed by atoms with E-state index in [1.807, 2.05) is 38.1 Å². The predicted octanol–water partition coefficient (Wildman–Crippen LogP) is 2.78. The van der Waals surface area contributed by atoms with E-state index in [-0.39, 0.29) is 17.9 Å². The Morgan fingerprint density at radius 1 is 1.26 bits per heavy atom. The number of carbonyl (C=O) groups is 2. The van der Waals surface area contributed by atoms with Crippen LogP contribution in [0.1, 0.15) is 46.7 Å². The van der Waals surface area contributed by atoms with Crippen molar-refractivity contribution in [3.63, 3.8) is 0 Å². The van der Waals surface area contributed by atoms with E-state index in [0.717, 1.165) is 29.9 Å². The van der Waals surface area contributed by atoms with Gasteiger partial charge in [0.15, 0.2) is 0 Å². The zero-order chi connectivity index (χ0) is 19.1. The number of hydrogen-bond donors (Lipinski definition) is 2. The van der Waals surface area contributed by atoms with E-state index >= 15 is 0 Å². The maximum Gasteiger partial charge on any atom is 0.306 e. The Balaban J connectivity index is 1.44. The van der Waals surface area contributed by atoms with Gasteiger partial charge in [-0.1, -0.05) is 6.07 Å². The molecule has 1 unspecified atom stereocenters. The number of aliphatic carboxylic acids is 1. The van der Waals surface area contributed by atoms with Gasteiger partial charge < -0.3 is 15.0 Å². The molecule has 0 aromatic carbocycles. The number of aryl methyl sites for hydroxylation is 1. The van der Waals surface area contributed by atoms with E-state index in [4.69, 9.17) is 0 Å². The Bertz CT molecular complexity index is 874. The van der Waals surface area contributed by atoms with Gasteiger partial charge in [-0.25, -0.2) is 0 Å². The fraction of sp³-hybridized carbons (Fsp3) is 0.476. The minimum absolute atomic E-state index is 0.0578. The van der Waals surface area contributed by atoms with Crippen LogP contribution in [0.4, 0.5) is 0 Å². The van der Waals surface area contributed by atoms with Crippen LogP contribution < -0.4 is 5.32 Å². The second-order valence-electron chi connectivity index (χ2n) is 7.94. The third-order valence-electron chi connectivity index (χ3n) is 6.35. The lowest BCUT2D eigenvalue weighted by atomic mass is 9.71. The Hall–Kier alpha value is -2.63. The molecule has 0 saturated heterocycles. The van der Waals surface area contributed by atoms with Gasteiger partial charge >= 0.3 is 5.97 Å². The Labute approximate surface area is 158 Å². The van der Waals surface area contributed by atoms with Crippen LogP contribution in [0, 0.1) is 31.6 Å². The van der Waals surface area contributed by atoms with Crippen molar-refractivity contribution in [2.45, 2.75) is 45.7 Å². The average molecular weight is 367 g/mol. The standard InChI is InChI=1S/C21H25N3O3/c1-12-7-17(13(2)24(12)11-16-5-3-4-6-22-16)20(25)23-19-10-14-8-15(21(26)27)9-18(14)19/h3-7,14-15,18-19H,8-11H2,1-2H3,(H,23,25)(H,26,27)/t14-,15?,18-,19+/m0/s1. The molecular weight excluding hydrogens is 342 g/mol. The monoisotopic (exact) mass is 367 g/mol. The van der Waals surface area contributed by atoms with Gasteiger partial charge in [-0.3, -0.25) is 14.6 Å². The molecule has 2 N–H and O–H groups in total. The SMILES string of the molecule is Cc1cc(C(=O)N[C@@H]2C[C@@H]3CC(C(=O)O)C[C@@H]32)c(C)n1Cc1ccccn1. The Morgan fingerprint density at radius 2 is 2.07 bits per heavy atom. The van der Waals surface area contributed by atoms with Crippen LogP contribution in [0.15, 0.2) is 30.5 Å². The number of nitrogens with zero attached hydrogens (tertiary/aromatic N) is 2. The van der Waals surface area contributed by atoms with Crippen molar-refractivity contribution in [2.75, 3.05) is 0 Å². The molecule has 2 saturated carbocycles. The van der Waals surface area contributed by atoms with Gasteiger partial charge in [0.25, 0.3) is 5.91 Å². The summed E-state index contributed by atoms with van der Waals surface area (Å²) < 4.78 is 2.11. The first kappa shape index (κ1) is 17.8. The molecule has 2 aromatic heterocycles. The Kier molecular flexibility index (Phi) is 4.50. The smallest absolute Gasteiger partial charge is 0.306 e. The molecular formula is C21H25N3O3.